The Hall–Kier alpha value is -3.68. The molecule has 0 fully saturated rings. The number of anilines is 2. The Balaban J connectivity index is 1.56. The number of phenols is 1. The summed E-state index contributed by atoms with van der Waals surface area (Å²) in [5.41, 5.74) is 6.90. The second kappa shape index (κ2) is 7.75. The number of phenolic OH excluding ortho intramolecular Hbond substituents is 1. The van der Waals surface area contributed by atoms with Crippen LogP contribution < -0.4 is 10.3 Å². The summed E-state index contributed by atoms with van der Waals surface area (Å²) in [6, 6.07) is 13.5. The molecule has 0 saturated heterocycles. The molecule has 4 aromatic rings. The molecule has 0 atom stereocenters. The van der Waals surface area contributed by atoms with Crippen LogP contribution in [0.4, 0.5) is 11.6 Å². The molecule has 4 rings (SSSR count). The molecule has 8 nitrogen and oxygen atoms in total. The number of benzene rings is 2. The first-order valence-corrected chi connectivity index (χ1v) is 9.57. The average Bonchev–Trinajstić information content (AvgIpc) is 3.03. The molecule has 0 saturated carbocycles. The molecular weight excluding hydrogens is 366 g/mol. The Labute approximate surface area is 168 Å². The van der Waals surface area contributed by atoms with Crippen LogP contribution in [0.2, 0.25) is 0 Å². The monoisotopic (exact) mass is 389 g/mol. The highest BCUT2D eigenvalue weighted by atomic mass is 16.3. The normalized spacial score (nSPS) is 11.6. The van der Waals surface area contributed by atoms with Crippen molar-refractivity contribution in [1.29, 1.82) is 0 Å². The van der Waals surface area contributed by atoms with E-state index in [9.17, 15) is 5.11 Å². The molecule has 2 N–H and O–H groups in total. The maximum atomic E-state index is 10.3. The first-order valence-electron chi connectivity index (χ1n) is 9.57. The number of fused-ring (bicyclic) bond motifs is 3. The molecular formula is C21H23N7O. The van der Waals surface area contributed by atoms with E-state index in [0.717, 1.165) is 40.8 Å². The zero-order valence-corrected chi connectivity index (χ0v) is 16.7. The van der Waals surface area contributed by atoms with E-state index in [1.807, 2.05) is 48.0 Å². The third-order valence-corrected chi connectivity index (χ3v) is 5.02. The van der Waals surface area contributed by atoms with Gasteiger partial charge in [-0.15, -0.1) is 10.2 Å². The molecule has 2 aromatic carbocycles. The molecule has 8 heteroatoms. The van der Waals surface area contributed by atoms with Crippen molar-refractivity contribution in [2.45, 2.75) is 13.8 Å². The molecule has 2 heterocycles. The van der Waals surface area contributed by atoms with Gasteiger partial charge in [-0.1, -0.05) is 18.2 Å². The predicted octanol–water partition coefficient (Wildman–Crippen LogP) is 3.51. The van der Waals surface area contributed by atoms with Crippen LogP contribution in [-0.4, -0.2) is 44.2 Å². The predicted molar refractivity (Wildman–Crippen MR) is 117 cm³/mol. The maximum absolute atomic E-state index is 10.3. The van der Waals surface area contributed by atoms with Crippen LogP contribution in [0.15, 0.2) is 47.6 Å². The van der Waals surface area contributed by atoms with Crippen molar-refractivity contribution >= 4 is 39.9 Å². The number of hydrogen-bond donors (Lipinski definition) is 2. The fourth-order valence-electron chi connectivity index (χ4n) is 3.44. The minimum absolute atomic E-state index is 0.170. The van der Waals surface area contributed by atoms with E-state index in [1.165, 1.54) is 6.21 Å². The average molecular weight is 389 g/mol. The molecule has 0 aliphatic rings. The number of hydrogen-bond acceptors (Lipinski definition) is 7. The van der Waals surface area contributed by atoms with Crippen molar-refractivity contribution in [1.82, 2.24) is 19.7 Å². The fourth-order valence-corrected chi connectivity index (χ4v) is 3.44. The van der Waals surface area contributed by atoms with Gasteiger partial charge in [0.1, 0.15) is 11.3 Å². The van der Waals surface area contributed by atoms with Gasteiger partial charge in [0.15, 0.2) is 5.65 Å². The molecule has 2 aromatic heterocycles. The largest absolute Gasteiger partial charge is 0.507 e. The van der Waals surface area contributed by atoms with Crippen LogP contribution in [0.5, 0.6) is 5.75 Å². The molecule has 29 heavy (non-hydrogen) atoms. The van der Waals surface area contributed by atoms with Gasteiger partial charge in [0.25, 0.3) is 5.95 Å². The lowest BCUT2D eigenvalue weighted by Gasteiger charge is -2.21. The van der Waals surface area contributed by atoms with E-state index in [0.29, 0.717) is 11.5 Å². The van der Waals surface area contributed by atoms with Crippen molar-refractivity contribution in [2.75, 3.05) is 23.4 Å². The smallest absolute Gasteiger partial charge is 0.265 e. The highest BCUT2D eigenvalue weighted by Crippen LogP contribution is 2.25. The number of aromatic nitrogens is 4. The SMILES string of the molecule is CCN(CC)c1ccc(/C=N\Nc2nnc3c4ccccc4n(C)c3n2)c(O)c1. The zero-order valence-electron chi connectivity index (χ0n) is 16.7. The van der Waals surface area contributed by atoms with Crippen molar-refractivity contribution < 1.29 is 5.11 Å². The number of hydrazone groups is 1. The highest BCUT2D eigenvalue weighted by Gasteiger charge is 2.12. The second-order valence-corrected chi connectivity index (χ2v) is 6.67. The number of aryl methyl sites for hydroxylation is 1. The minimum Gasteiger partial charge on any atom is -0.507 e. The Kier molecular flexibility index (Phi) is 4.99. The Bertz CT molecular complexity index is 1190. The van der Waals surface area contributed by atoms with E-state index in [4.69, 9.17) is 0 Å². The first-order chi connectivity index (χ1) is 14.1. The van der Waals surface area contributed by atoms with Gasteiger partial charge >= 0.3 is 0 Å². The Morgan fingerprint density at radius 2 is 1.93 bits per heavy atom. The van der Waals surface area contributed by atoms with Gasteiger partial charge in [0.2, 0.25) is 0 Å². The van der Waals surface area contributed by atoms with Crippen LogP contribution in [0.3, 0.4) is 0 Å². The number of nitrogens with one attached hydrogen (secondary N) is 1. The van der Waals surface area contributed by atoms with E-state index in [-0.39, 0.29) is 5.75 Å². The van der Waals surface area contributed by atoms with Crippen LogP contribution in [0.1, 0.15) is 19.4 Å². The van der Waals surface area contributed by atoms with E-state index in [2.05, 4.69) is 44.5 Å². The van der Waals surface area contributed by atoms with Crippen molar-refractivity contribution in [3.05, 3.63) is 48.0 Å². The summed E-state index contributed by atoms with van der Waals surface area (Å²) in [5.74, 6) is 0.460. The summed E-state index contributed by atoms with van der Waals surface area (Å²) >= 11 is 0. The highest BCUT2D eigenvalue weighted by molar-refractivity contribution is 6.04. The molecule has 0 aliphatic heterocycles. The van der Waals surface area contributed by atoms with E-state index < -0.39 is 0 Å². The van der Waals surface area contributed by atoms with Gasteiger partial charge < -0.3 is 14.6 Å². The van der Waals surface area contributed by atoms with Gasteiger partial charge in [-0.25, -0.2) is 5.43 Å². The van der Waals surface area contributed by atoms with Gasteiger partial charge in [-0.3, -0.25) is 0 Å². The molecule has 0 radical (unpaired) electrons. The van der Waals surface area contributed by atoms with E-state index >= 15 is 0 Å². The summed E-state index contributed by atoms with van der Waals surface area (Å²) in [5, 5.41) is 23.9. The second-order valence-electron chi connectivity index (χ2n) is 6.67. The topological polar surface area (TPSA) is 91.5 Å². The first kappa shape index (κ1) is 18.7. The van der Waals surface area contributed by atoms with Gasteiger partial charge in [-0.05, 0) is 32.0 Å². The van der Waals surface area contributed by atoms with Gasteiger partial charge in [0.05, 0.1) is 11.7 Å². The third-order valence-electron chi connectivity index (χ3n) is 5.02. The summed E-state index contributed by atoms with van der Waals surface area (Å²) in [6.45, 7) is 5.93. The lowest BCUT2D eigenvalue weighted by atomic mass is 10.2. The Morgan fingerprint density at radius 1 is 1.14 bits per heavy atom. The lowest BCUT2D eigenvalue weighted by Crippen LogP contribution is -2.21. The van der Waals surface area contributed by atoms with Crippen molar-refractivity contribution in [2.24, 2.45) is 12.1 Å². The molecule has 0 amide bonds. The standard InChI is InChI=1S/C21H23N7O/c1-4-28(5-2)15-11-10-14(18(29)12-15)13-22-25-21-23-20-19(24-26-21)16-8-6-7-9-17(16)27(20)3/h6-13,29H,4-5H2,1-3H3,(H,23,25,26)/b22-13-. The maximum Gasteiger partial charge on any atom is 0.265 e. The number of para-hydroxylation sites is 1. The number of rotatable bonds is 6. The third kappa shape index (κ3) is 3.44. The summed E-state index contributed by atoms with van der Waals surface area (Å²) in [6.07, 6.45) is 1.54. The van der Waals surface area contributed by atoms with Crippen LogP contribution in [0, 0.1) is 0 Å². The van der Waals surface area contributed by atoms with Crippen LogP contribution in [0.25, 0.3) is 22.1 Å². The number of aromatic hydroxyl groups is 1. The molecule has 0 unspecified atom stereocenters. The lowest BCUT2D eigenvalue weighted by molar-refractivity contribution is 0.474. The van der Waals surface area contributed by atoms with Crippen molar-refractivity contribution in [3.63, 3.8) is 0 Å². The molecule has 0 aliphatic carbocycles. The van der Waals surface area contributed by atoms with Gasteiger partial charge in [-0.2, -0.15) is 10.1 Å². The summed E-state index contributed by atoms with van der Waals surface area (Å²) in [4.78, 5) is 6.68. The van der Waals surface area contributed by atoms with Crippen molar-refractivity contribution in [3.8, 4) is 5.75 Å². The Morgan fingerprint density at radius 3 is 2.69 bits per heavy atom. The molecule has 0 spiro atoms. The van der Waals surface area contributed by atoms with Gasteiger partial charge in [0, 0.05) is 42.8 Å². The minimum atomic E-state index is 0.170. The quantitative estimate of drug-likeness (QED) is 0.387. The van der Waals surface area contributed by atoms with Crippen LogP contribution >= 0.6 is 0 Å². The summed E-state index contributed by atoms with van der Waals surface area (Å²) < 4.78 is 1.98. The molecule has 0 bridgehead atoms. The number of nitrogens with zero attached hydrogens (tertiary/aromatic N) is 6. The zero-order chi connectivity index (χ0) is 20.4. The molecule has 148 valence electrons. The fraction of sp³-hybridized carbons (Fsp3) is 0.238. The van der Waals surface area contributed by atoms with E-state index in [1.54, 1.807) is 6.07 Å². The van der Waals surface area contributed by atoms with Crippen LogP contribution in [-0.2, 0) is 7.05 Å². The summed E-state index contributed by atoms with van der Waals surface area (Å²) in [7, 11) is 1.95.